The van der Waals surface area contributed by atoms with E-state index >= 15 is 0 Å². The fourth-order valence-electron chi connectivity index (χ4n) is 1.29. The zero-order valence-corrected chi connectivity index (χ0v) is 10.7. The number of ether oxygens (including phenoxy) is 1. The standard InChI is InChI=1S/C12H18N2O3/c1-9-7-10(15)14(8-13-9)6-5-11(16)17-12(2,3)4/h7-8H,5-6H2,1-4H3. The van der Waals surface area contributed by atoms with Gasteiger partial charge in [0, 0.05) is 18.3 Å². The van der Waals surface area contributed by atoms with Crippen molar-refractivity contribution in [3.05, 3.63) is 28.4 Å². The molecule has 0 aliphatic carbocycles. The van der Waals surface area contributed by atoms with Crippen molar-refractivity contribution >= 4 is 5.97 Å². The number of carbonyl (C=O) groups is 1. The van der Waals surface area contributed by atoms with E-state index in [2.05, 4.69) is 4.98 Å². The second-order valence-electron chi connectivity index (χ2n) is 4.90. The van der Waals surface area contributed by atoms with Crippen molar-refractivity contribution < 1.29 is 9.53 Å². The third-order valence-electron chi connectivity index (χ3n) is 1.99. The SMILES string of the molecule is Cc1cc(=O)n(CCC(=O)OC(C)(C)C)cn1. The molecule has 1 heterocycles. The largest absolute Gasteiger partial charge is 0.460 e. The summed E-state index contributed by atoms with van der Waals surface area (Å²) in [6.07, 6.45) is 1.62. The molecule has 0 amide bonds. The molecule has 0 unspecified atom stereocenters. The van der Waals surface area contributed by atoms with E-state index in [0.29, 0.717) is 12.2 Å². The fourth-order valence-corrected chi connectivity index (χ4v) is 1.29. The summed E-state index contributed by atoms with van der Waals surface area (Å²) in [5, 5.41) is 0. The second-order valence-corrected chi connectivity index (χ2v) is 4.90. The predicted molar refractivity (Wildman–Crippen MR) is 63.7 cm³/mol. The maximum absolute atomic E-state index is 11.5. The molecule has 5 heteroatoms. The van der Waals surface area contributed by atoms with E-state index < -0.39 is 5.60 Å². The Kier molecular flexibility index (Phi) is 4.04. The molecule has 5 nitrogen and oxygen atoms in total. The van der Waals surface area contributed by atoms with Crippen LogP contribution in [0.2, 0.25) is 0 Å². The number of rotatable bonds is 3. The van der Waals surface area contributed by atoms with E-state index in [4.69, 9.17) is 4.74 Å². The Balaban J connectivity index is 2.56. The van der Waals surface area contributed by atoms with Crippen molar-refractivity contribution in [2.75, 3.05) is 0 Å². The summed E-state index contributed by atoms with van der Waals surface area (Å²) in [5.74, 6) is -0.315. The van der Waals surface area contributed by atoms with E-state index in [1.165, 1.54) is 17.0 Å². The van der Waals surface area contributed by atoms with Crippen molar-refractivity contribution in [3.63, 3.8) is 0 Å². The second kappa shape index (κ2) is 5.12. The van der Waals surface area contributed by atoms with Gasteiger partial charge in [0.2, 0.25) is 0 Å². The van der Waals surface area contributed by atoms with E-state index in [9.17, 15) is 9.59 Å². The highest BCUT2D eigenvalue weighted by molar-refractivity contribution is 5.69. The van der Waals surface area contributed by atoms with Crippen LogP contribution in [0.4, 0.5) is 0 Å². The van der Waals surface area contributed by atoms with Gasteiger partial charge in [0.15, 0.2) is 0 Å². The number of aryl methyl sites for hydroxylation is 2. The highest BCUT2D eigenvalue weighted by atomic mass is 16.6. The van der Waals surface area contributed by atoms with Crippen LogP contribution in [0.5, 0.6) is 0 Å². The molecule has 0 aliphatic rings. The van der Waals surface area contributed by atoms with Gasteiger partial charge in [0.1, 0.15) is 5.60 Å². The monoisotopic (exact) mass is 238 g/mol. The predicted octanol–water partition coefficient (Wildman–Crippen LogP) is 1.28. The van der Waals surface area contributed by atoms with Crippen LogP contribution in [0, 0.1) is 6.92 Å². The van der Waals surface area contributed by atoms with Crippen LogP contribution in [-0.2, 0) is 16.1 Å². The zero-order valence-electron chi connectivity index (χ0n) is 10.7. The number of hydrogen-bond acceptors (Lipinski definition) is 4. The van der Waals surface area contributed by atoms with Crippen LogP contribution >= 0.6 is 0 Å². The molecule has 0 radical (unpaired) electrons. The smallest absolute Gasteiger partial charge is 0.308 e. The molecule has 0 saturated carbocycles. The van der Waals surface area contributed by atoms with E-state index in [0.717, 1.165) is 0 Å². The van der Waals surface area contributed by atoms with Gasteiger partial charge in [-0.25, -0.2) is 4.98 Å². The molecule has 0 saturated heterocycles. The molecule has 0 atom stereocenters. The van der Waals surface area contributed by atoms with Gasteiger partial charge in [-0.3, -0.25) is 14.2 Å². The lowest BCUT2D eigenvalue weighted by Gasteiger charge is -2.19. The maximum Gasteiger partial charge on any atom is 0.308 e. The summed E-state index contributed by atoms with van der Waals surface area (Å²) >= 11 is 0. The summed E-state index contributed by atoms with van der Waals surface area (Å²) in [6, 6.07) is 1.44. The van der Waals surface area contributed by atoms with Gasteiger partial charge in [-0.15, -0.1) is 0 Å². The fraction of sp³-hybridized carbons (Fsp3) is 0.583. The van der Waals surface area contributed by atoms with Gasteiger partial charge >= 0.3 is 5.97 Å². The molecule has 0 aromatic carbocycles. The molecule has 0 N–H and O–H groups in total. The molecule has 0 spiro atoms. The van der Waals surface area contributed by atoms with Gasteiger partial charge in [0.05, 0.1) is 12.7 Å². The molecule has 94 valence electrons. The van der Waals surface area contributed by atoms with Crippen LogP contribution in [0.1, 0.15) is 32.9 Å². The summed E-state index contributed by atoms with van der Waals surface area (Å²) in [7, 11) is 0. The van der Waals surface area contributed by atoms with Crippen LogP contribution in [-0.4, -0.2) is 21.1 Å². The minimum Gasteiger partial charge on any atom is -0.460 e. The molecular formula is C12H18N2O3. The zero-order chi connectivity index (χ0) is 13.1. The first kappa shape index (κ1) is 13.4. The number of esters is 1. The lowest BCUT2D eigenvalue weighted by Crippen LogP contribution is -2.26. The van der Waals surface area contributed by atoms with Crippen LogP contribution in [0.25, 0.3) is 0 Å². The van der Waals surface area contributed by atoms with E-state index in [1.807, 2.05) is 20.8 Å². The van der Waals surface area contributed by atoms with Gasteiger partial charge in [-0.2, -0.15) is 0 Å². The summed E-state index contributed by atoms with van der Waals surface area (Å²) in [5.41, 5.74) is 0.0256. The Morgan fingerprint density at radius 2 is 2.12 bits per heavy atom. The minimum absolute atomic E-state index is 0.152. The lowest BCUT2D eigenvalue weighted by atomic mass is 10.2. The van der Waals surface area contributed by atoms with E-state index in [-0.39, 0.29) is 17.9 Å². The quantitative estimate of drug-likeness (QED) is 0.744. The van der Waals surface area contributed by atoms with Gasteiger partial charge < -0.3 is 4.74 Å². The average Bonchev–Trinajstić information content (AvgIpc) is 2.13. The van der Waals surface area contributed by atoms with Crippen LogP contribution in [0.3, 0.4) is 0 Å². The summed E-state index contributed by atoms with van der Waals surface area (Å²) in [6.45, 7) is 7.47. The summed E-state index contributed by atoms with van der Waals surface area (Å²) in [4.78, 5) is 27.0. The third kappa shape index (κ3) is 4.80. The summed E-state index contributed by atoms with van der Waals surface area (Å²) < 4.78 is 6.55. The molecule has 1 rings (SSSR count). The maximum atomic E-state index is 11.5. The molecule has 1 aromatic heterocycles. The molecule has 0 bridgehead atoms. The topological polar surface area (TPSA) is 61.2 Å². The van der Waals surface area contributed by atoms with Crippen molar-refractivity contribution in [3.8, 4) is 0 Å². The average molecular weight is 238 g/mol. The van der Waals surface area contributed by atoms with Gasteiger partial charge in [-0.1, -0.05) is 0 Å². The number of carbonyl (C=O) groups excluding carboxylic acids is 1. The Bertz CT molecular complexity index is 458. The van der Waals surface area contributed by atoms with Crippen LogP contribution < -0.4 is 5.56 Å². The van der Waals surface area contributed by atoms with E-state index in [1.54, 1.807) is 6.92 Å². The van der Waals surface area contributed by atoms with Crippen molar-refractivity contribution in [2.45, 2.75) is 46.3 Å². The molecule has 17 heavy (non-hydrogen) atoms. The first-order chi connectivity index (χ1) is 7.78. The number of nitrogens with zero attached hydrogens (tertiary/aromatic N) is 2. The Labute approximate surface area is 100 Å². The molecule has 0 aliphatic heterocycles. The van der Waals surface area contributed by atoms with Crippen molar-refractivity contribution in [2.24, 2.45) is 0 Å². The molecule has 0 fully saturated rings. The highest BCUT2D eigenvalue weighted by Gasteiger charge is 2.15. The molecular weight excluding hydrogens is 220 g/mol. The highest BCUT2D eigenvalue weighted by Crippen LogP contribution is 2.08. The Morgan fingerprint density at radius 3 is 2.65 bits per heavy atom. The van der Waals surface area contributed by atoms with Gasteiger partial charge in [0.25, 0.3) is 5.56 Å². The van der Waals surface area contributed by atoms with Gasteiger partial charge in [-0.05, 0) is 27.7 Å². The third-order valence-corrected chi connectivity index (χ3v) is 1.99. The molecule has 1 aromatic rings. The Morgan fingerprint density at radius 1 is 1.47 bits per heavy atom. The first-order valence-corrected chi connectivity index (χ1v) is 5.53. The Hall–Kier alpha value is -1.65. The van der Waals surface area contributed by atoms with Crippen molar-refractivity contribution in [1.29, 1.82) is 0 Å². The normalized spacial score (nSPS) is 11.3. The van der Waals surface area contributed by atoms with Crippen LogP contribution in [0.15, 0.2) is 17.2 Å². The lowest BCUT2D eigenvalue weighted by molar-refractivity contribution is -0.155. The first-order valence-electron chi connectivity index (χ1n) is 5.53. The number of hydrogen-bond donors (Lipinski definition) is 0. The minimum atomic E-state index is -0.492. The number of aromatic nitrogens is 2. The van der Waals surface area contributed by atoms with Crippen molar-refractivity contribution in [1.82, 2.24) is 9.55 Å².